The molecule has 17 heavy (non-hydrogen) atoms. The fourth-order valence-electron chi connectivity index (χ4n) is 0.991. The molecule has 0 saturated heterocycles. The Morgan fingerprint density at radius 3 is 2.24 bits per heavy atom. The fourth-order valence-corrected chi connectivity index (χ4v) is 0.991. The number of aliphatic carboxylic acids is 1. The van der Waals surface area contributed by atoms with E-state index in [4.69, 9.17) is 11.5 Å². The zero-order chi connectivity index (χ0) is 13.7. The van der Waals surface area contributed by atoms with Crippen LogP contribution in [0.4, 0.5) is 4.79 Å². The Balaban J connectivity index is 4.35. The average Bonchev–Trinajstić information content (AvgIpc) is 2.25. The molecule has 0 aromatic heterocycles. The molecule has 0 aliphatic carbocycles. The van der Waals surface area contributed by atoms with Crippen LogP contribution in [0.5, 0.6) is 0 Å². The summed E-state index contributed by atoms with van der Waals surface area (Å²) in [5.41, 5.74) is -1.71. The molecule has 0 aliphatic rings. The maximum absolute atomic E-state index is 11.5. The van der Waals surface area contributed by atoms with Crippen molar-refractivity contribution in [3.05, 3.63) is 0 Å². The number of urea groups is 1. The Morgan fingerprint density at radius 2 is 1.88 bits per heavy atom. The topological polar surface area (TPSA) is 78.4 Å². The van der Waals surface area contributed by atoms with Crippen LogP contribution in [0.3, 0.4) is 0 Å². The van der Waals surface area contributed by atoms with Crippen molar-refractivity contribution in [2.24, 2.45) is 5.41 Å². The lowest BCUT2D eigenvalue weighted by atomic mass is 9.88. The third kappa shape index (κ3) is 4.77. The van der Waals surface area contributed by atoms with Crippen LogP contribution in [-0.2, 0) is 4.79 Å². The van der Waals surface area contributed by atoms with Crippen LogP contribution in [0, 0.1) is 17.8 Å². The highest BCUT2D eigenvalue weighted by molar-refractivity contribution is 5.78. The molecule has 5 nitrogen and oxygen atoms in total. The standard InChI is InChI=1S/C12H20N2O3/c1-6-11(3,4)14-10(17)13-8-12(5,7-2)9(15)16/h1H,7-8H2,2-5H3,(H,15,16)(H2,13,14,17). The molecule has 0 aromatic rings. The summed E-state index contributed by atoms with van der Waals surface area (Å²) in [6.45, 7) is 6.78. The van der Waals surface area contributed by atoms with E-state index in [2.05, 4.69) is 16.6 Å². The Hall–Kier alpha value is -1.70. The summed E-state index contributed by atoms with van der Waals surface area (Å²) >= 11 is 0. The highest BCUT2D eigenvalue weighted by Gasteiger charge is 2.31. The van der Waals surface area contributed by atoms with Crippen LogP contribution in [-0.4, -0.2) is 29.2 Å². The molecule has 3 N–H and O–H groups in total. The van der Waals surface area contributed by atoms with E-state index in [0.717, 1.165) is 0 Å². The molecule has 0 heterocycles. The van der Waals surface area contributed by atoms with Gasteiger partial charge in [0.15, 0.2) is 0 Å². The summed E-state index contributed by atoms with van der Waals surface area (Å²) in [5, 5.41) is 14.1. The van der Waals surface area contributed by atoms with Gasteiger partial charge in [-0.2, -0.15) is 0 Å². The minimum absolute atomic E-state index is 0.0608. The van der Waals surface area contributed by atoms with E-state index in [-0.39, 0.29) is 6.54 Å². The van der Waals surface area contributed by atoms with Gasteiger partial charge < -0.3 is 15.7 Å². The molecule has 0 aromatic carbocycles. The molecule has 5 heteroatoms. The van der Waals surface area contributed by atoms with Crippen LogP contribution < -0.4 is 10.6 Å². The second-order valence-corrected chi connectivity index (χ2v) is 4.80. The zero-order valence-corrected chi connectivity index (χ0v) is 10.8. The van der Waals surface area contributed by atoms with Gasteiger partial charge in [0, 0.05) is 6.54 Å². The lowest BCUT2D eigenvalue weighted by Crippen LogP contribution is -2.50. The first-order chi connectivity index (χ1) is 7.67. The van der Waals surface area contributed by atoms with E-state index in [1.807, 2.05) is 0 Å². The van der Waals surface area contributed by atoms with Gasteiger partial charge in [-0.3, -0.25) is 4.79 Å². The first-order valence-corrected chi connectivity index (χ1v) is 5.44. The van der Waals surface area contributed by atoms with Crippen molar-refractivity contribution >= 4 is 12.0 Å². The van der Waals surface area contributed by atoms with Crippen molar-refractivity contribution in [3.63, 3.8) is 0 Å². The molecule has 0 saturated carbocycles. The number of amides is 2. The van der Waals surface area contributed by atoms with Gasteiger partial charge in [0.1, 0.15) is 0 Å². The molecular formula is C12H20N2O3. The quantitative estimate of drug-likeness (QED) is 0.632. The normalized spacial score (nSPS) is 14.3. The number of hydrogen-bond donors (Lipinski definition) is 3. The summed E-state index contributed by atoms with van der Waals surface area (Å²) in [7, 11) is 0. The van der Waals surface area contributed by atoms with Gasteiger partial charge >= 0.3 is 12.0 Å². The van der Waals surface area contributed by atoms with Gasteiger partial charge in [-0.15, -0.1) is 6.42 Å². The summed E-state index contributed by atoms with van der Waals surface area (Å²) in [6, 6.07) is -0.464. The smallest absolute Gasteiger partial charge is 0.315 e. The molecule has 0 radical (unpaired) electrons. The zero-order valence-electron chi connectivity index (χ0n) is 10.8. The summed E-state index contributed by atoms with van der Waals surface area (Å²) in [4.78, 5) is 22.5. The monoisotopic (exact) mass is 240 g/mol. The average molecular weight is 240 g/mol. The molecule has 96 valence electrons. The SMILES string of the molecule is C#CC(C)(C)NC(=O)NCC(C)(CC)C(=O)O. The van der Waals surface area contributed by atoms with Crippen LogP contribution in [0.25, 0.3) is 0 Å². The highest BCUT2D eigenvalue weighted by atomic mass is 16.4. The van der Waals surface area contributed by atoms with Crippen molar-refractivity contribution in [2.75, 3.05) is 6.54 Å². The molecule has 2 amide bonds. The summed E-state index contributed by atoms with van der Waals surface area (Å²) in [6.07, 6.45) is 5.66. The van der Waals surface area contributed by atoms with E-state index in [0.29, 0.717) is 6.42 Å². The van der Waals surface area contributed by atoms with Crippen molar-refractivity contribution < 1.29 is 14.7 Å². The van der Waals surface area contributed by atoms with Crippen LogP contribution in [0.1, 0.15) is 34.1 Å². The minimum Gasteiger partial charge on any atom is -0.481 e. The molecule has 0 aliphatic heterocycles. The molecule has 0 fully saturated rings. The minimum atomic E-state index is -0.961. The largest absolute Gasteiger partial charge is 0.481 e. The van der Waals surface area contributed by atoms with Crippen LogP contribution in [0.15, 0.2) is 0 Å². The Morgan fingerprint density at radius 1 is 1.35 bits per heavy atom. The lowest BCUT2D eigenvalue weighted by Gasteiger charge is -2.25. The van der Waals surface area contributed by atoms with E-state index in [1.165, 1.54) is 0 Å². The van der Waals surface area contributed by atoms with E-state index < -0.39 is 23.0 Å². The molecule has 1 unspecified atom stereocenters. The van der Waals surface area contributed by atoms with E-state index in [1.54, 1.807) is 27.7 Å². The highest BCUT2D eigenvalue weighted by Crippen LogP contribution is 2.19. The number of rotatable bonds is 5. The number of carboxylic acid groups (broad SMARTS) is 1. The molecule has 0 bridgehead atoms. The number of carbonyl (C=O) groups is 2. The van der Waals surface area contributed by atoms with Gasteiger partial charge in [-0.05, 0) is 27.2 Å². The Labute approximate surface area is 102 Å². The van der Waals surface area contributed by atoms with Gasteiger partial charge in [0.05, 0.1) is 11.0 Å². The van der Waals surface area contributed by atoms with Crippen molar-refractivity contribution in [1.82, 2.24) is 10.6 Å². The van der Waals surface area contributed by atoms with Crippen molar-refractivity contribution in [1.29, 1.82) is 0 Å². The first kappa shape index (κ1) is 15.3. The Bertz CT molecular complexity index is 344. The fraction of sp³-hybridized carbons (Fsp3) is 0.667. The number of terminal acetylenes is 1. The van der Waals surface area contributed by atoms with Gasteiger partial charge in [-0.1, -0.05) is 12.8 Å². The lowest BCUT2D eigenvalue weighted by molar-refractivity contribution is -0.147. The third-order valence-electron chi connectivity index (χ3n) is 2.72. The summed E-state index contributed by atoms with van der Waals surface area (Å²) < 4.78 is 0. The molecule has 1 atom stereocenters. The number of carbonyl (C=O) groups excluding carboxylic acids is 1. The third-order valence-corrected chi connectivity index (χ3v) is 2.72. The van der Waals surface area contributed by atoms with Crippen molar-refractivity contribution in [3.8, 4) is 12.3 Å². The van der Waals surface area contributed by atoms with Crippen LogP contribution >= 0.6 is 0 Å². The molecule has 0 rings (SSSR count). The molecular weight excluding hydrogens is 220 g/mol. The van der Waals surface area contributed by atoms with Gasteiger partial charge in [-0.25, -0.2) is 4.79 Å². The van der Waals surface area contributed by atoms with Gasteiger partial charge in [0.25, 0.3) is 0 Å². The van der Waals surface area contributed by atoms with E-state index in [9.17, 15) is 9.59 Å². The van der Waals surface area contributed by atoms with Crippen LogP contribution in [0.2, 0.25) is 0 Å². The Kier molecular flexibility index (Phi) is 5.02. The van der Waals surface area contributed by atoms with Crippen molar-refractivity contribution in [2.45, 2.75) is 39.7 Å². The first-order valence-electron chi connectivity index (χ1n) is 5.44. The predicted octanol–water partition coefficient (Wildman–Crippen LogP) is 1.20. The number of hydrogen-bond acceptors (Lipinski definition) is 2. The second kappa shape index (κ2) is 5.58. The number of carboxylic acids is 1. The summed E-state index contributed by atoms with van der Waals surface area (Å²) in [5.74, 6) is 1.48. The number of nitrogens with one attached hydrogen (secondary N) is 2. The van der Waals surface area contributed by atoms with E-state index >= 15 is 0 Å². The maximum Gasteiger partial charge on any atom is 0.315 e. The maximum atomic E-state index is 11.5. The molecule has 0 spiro atoms. The predicted molar refractivity (Wildman–Crippen MR) is 65.5 cm³/mol. The second-order valence-electron chi connectivity index (χ2n) is 4.80. The van der Waals surface area contributed by atoms with Gasteiger partial charge in [0.2, 0.25) is 0 Å².